The second-order valence-electron chi connectivity index (χ2n) is 10.1. The summed E-state index contributed by atoms with van der Waals surface area (Å²) in [6.07, 6.45) is 5.05. The molecule has 10 nitrogen and oxygen atoms in total. The van der Waals surface area contributed by atoms with Crippen LogP contribution in [0, 0.1) is 18.8 Å². The molecule has 5 heterocycles. The smallest absolute Gasteiger partial charge is 0.353 e. The summed E-state index contributed by atoms with van der Waals surface area (Å²) in [6, 6.07) is -0.0156. The number of aliphatic hydroxyl groups is 1. The van der Waals surface area contributed by atoms with Crippen molar-refractivity contribution in [1.29, 1.82) is 0 Å². The predicted octanol–water partition coefficient (Wildman–Crippen LogP) is 1.32. The second-order valence-corrected chi connectivity index (χ2v) is 12.6. The summed E-state index contributed by atoms with van der Waals surface area (Å²) in [5.74, 6) is -1.31. The van der Waals surface area contributed by atoms with Gasteiger partial charge in [0.2, 0.25) is 10.7 Å². The predicted molar refractivity (Wildman–Crippen MR) is 138 cm³/mol. The zero-order chi connectivity index (χ0) is 26.6. The van der Waals surface area contributed by atoms with Gasteiger partial charge < -0.3 is 25.2 Å². The maximum absolute atomic E-state index is 12.6. The van der Waals surface area contributed by atoms with Gasteiger partial charge in [-0.1, -0.05) is 18.3 Å². The molecule has 1 amide bonds. The van der Waals surface area contributed by atoms with E-state index in [4.69, 9.17) is 4.74 Å². The van der Waals surface area contributed by atoms with E-state index < -0.39 is 18.0 Å². The topological polar surface area (TPSA) is 124 Å². The molecule has 0 bridgehead atoms. The normalized spacial score (nSPS) is 28.1. The van der Waals surface area contributed by atoms with E-state index in [0.717, 1.165) is 34.9 Å². The minimum absolute atomic E-state index is 0.0906. The molecule has 3 aliphatic heterocycles. The monoisotopic (exact) mass is 549 g/mol. The Morgan fingerprint density at radius 3 is 2.81 bits per heavy atom. The number of amides is 1. The Labute approximate surface area is 223 Å². The molecule has 37 heavy (non-hydrogen) atoms. The first-order valence-electron chi connectivity index (χ1n) is 12.6. The number of ether oxygens (including phenoxy) is 1. The zero-order valence-electron chi connectivity index (χ0n) is 21.3. The first kappa shape index (κ1) is 26.2. The number of fused-ring (bicyclic) bond motifs is 2. The number of carbonyl (C=O) groups excluding carboxylic acids is 2. The van der Waals surface area contributed by atoms with Crippen LogP contribution in [-0.2, 0) is 32.1 Å². The number of nitrogens with zero attached hydrogens (tertiary/aromatic N) is 3. The number of aryl methyl sites for hydroxylation is 1. The number of carboxylic acids is 1. The molecule has 0 aliphatic carbocycles. The van der Waals surface area contributed by atoms with Gasteiger partial charge in [-0.15, -0.1) is 11.8 Å². The zero-order valence-corrected chi connectivity index (χ0v) is 23.0. The van der Waals surface area contributed by atoms with E-state index >= 15 is 0 Å². The molecule has 0 radical (unpaired) electrons. The molecule has 0 unspecified atom stereocenters. The Balaban J connectivity index is 1.24. The summed E-state index contributed by atoms with van der Waals surface area (Å²) in [5, 5.41) is 23.7. The van der Waals surface area contributed by atoms with Crippen molar-refractivity contribution in [1.82, 2.24) is 14.6 Å². The van der Waals surface area contributed by atoms with Gasteiger partial charge in [-0.3, -0.25) is 4.79 Å². The standard InChI is InChI=1S/C25H32N4O6S2/c1-5-35-19(31)11-27-10-18-28(14(27)4)9-17(36-18)7-15-6-16(8-26-15)37-23-12(2)21-20(13(3)30)24(32)29(21)22(23)25(33)34/h9-10,12-13,15-16,20-21,26,30H,5-8,11H2,1-4H3/p+1/t12-,13-,15+,16+,20-,21-/m1/s1. The third-order valence-electron chi connectivity index (χ3n) is 7.62. The molecule has 5 rings (SSSR count). The fourth-order valence-electron chi connectivity index (χ4n) is 5.85. The lowest BCUT2D eigenvalue weighted by Crippen LogP contribution is -2.63. The van der Waals surface area contributed by atoms with Crippen LogP contribution in [0.15, 0.2) is 23.0 Å². The van der Waals surface area contributed by atoms with Crippen molar-refractivity contribution in [2.24, 2.45) is 11.8 Å². The molecule has 3 N–H and O–H groups in total. The van der Waals surface area contributed by atoms with Crippen molar-refractivity contribution in [3.8, 4) is 0 Å². The molecule has 6 atom stereocenters. The number of aliphatic hydroxyl groups excluding tert-OH is 1. The molecule has 0 aromatic carbocycles. The number of aromatic nitrogens is 2. The van der Waals surface area contributed by atoms with E-state index in [0.29, 0.717) is 6.61 Å². The van der Waals surface area contributed by atoms with E-state index in [-0.39, 0.29) is 47.4 Å². The van der Waals surface area contributed by atoms with Crippen LogP contribution in [0.2, 0.25) is 0 Å². The van der Waals surface area contributed by atoms with Gasteiger partial charge in [0.1, 0.15) is 18.1 Å². The number of imidazole rings is 1. The summed E-state index contributed by atoms with van der Waals surface area (Å²) in [5.41, 5.74) is 0.0906. The third-order valence-corrected chi connectivity index (χ3v) is 10.2. The number of carboxylic acid groups (broad SMARTS) is 1. The van der Waals surface area contributed by atoms with Gasteiger partial charge >= 0.3 is 11.9 Å². The Bertz CT molecular complexity index is 1280. The van der Waals surface area contributed by atoms with E-state index in [1.54, 1.807) is 36.9 Å². The van der Waals surface area contributed by atoms with Gasteiger partial charge in [0.25, 0.3) is 5.82 Å². The maximum Gasteiger partial charge on any atom is 0.353 e. The molecular formula is C25H33N4O6S2+. The van der Waals surface area contributed by atoms with Crippen LogP contribution in [0.4, 0.5) is 0 Å². The summed E-state index contributed by atoms with van der Waals surface area (Å²) < 4.78 is 9.07. The largest absolute Gasteiger partial charge is 0.477 e. The number of nitrogens with one attached hydrogen (secondary N) is 1. The Morgan fingerprint density at radius 1 is 1.41 bits per heavy atom. The fraction of sp³-hybridized carbons (Fsp3) is 0.600. The van der Waals surface area contributed by atoms with Gasteiger partial charge in [-0.2, -0.15) is 4.40 Å². The molecule has 0 saturated carbocycles. The second kappa shape index (κ2) is 10.0. The van der Waals surface area contributed by atoms with Crippen LogP contribution in [0.5, 0.6) is 0 Å². The van der Waals surface area contributed by atoms with E-state index in [9.17, 15) is 24.6 Å². The molecule has 3 aliphatic rings. The maximum atomic E-state index is 12.6. The van der Waals surface area contributed by atoms with Crippen LogP contribution in [0.3, 0.4) is 0 Å². The Morgan fingerprint density at radius 2 is 2.16 bits per heavy atom. The molecule has 2 aromatic heterocycles. The highest BCUT2D eigenvalue weighted by molar-refractivity contribution is 8.03. The molecular weight excluding hydrogens is 516 g/mol. The van der Waals surface area contributed by atoms with Crippen molar-refractivity contribution < 1.29 is 33.9 Å². The summed E-state index contributed by atoms with van der Waals surface area (Å²) in [4.78, 5) is 41.0. The number of carbonyl (C=O) groups is 3. The highest BCUT2D eigenvalue weighted by atomic mass is 32.2. The van der Waals surface area contributed by atoms with Crippen LogP contribution in [-0.4, -0.2) is 73.9 Å². The highest BCUT2D eigenvalue weighted by Gasteiger charge is 2.60. The van der Waals surface area contributed by atoms with Crippen LogP contribution < -0.4 is 9.88 Å². The molecule has 0 spiro atoms. The summed E-state index contributed by atoms with van der Waals surface area (Å²) in [7, 11) is 0. The average Bonchev–Trinajstić information content (AvgIpc) is 3.54. The minimum Gasteiger partial charge on any atom is -0.477 e. The average molecular weight is 550 g/mol. The lowest BCUT2D eigenvalue weighted by Gasteiger charge is -2.46. The first-order valence-corrected chi connectivity index (χ1v) is 14.3. The molecule has 2 fully saturated rings. The van der Waals surface area contributed by atoms with Gasteiger partial charge in [-0.25, -0.2) is 14.2 Å². The van der Waals surface area contributed by atoms with Crippen molar-refractivity contribution >= 4 is 45.8 Å². The number of aliphatic carboxylic acids is 1. The van der Waals surface area contributed by atoms with Crippen molar-refractivity contribution in [2.45, 2.75) is 70.5 Å². The quantitative estimate of drug-likeness (QED) is 0.243. The minimum atomic E-state index is -1.08. The number of esters is 1. The number of rotatable bonds is 9. The third kappa shape index (κ3) is 4.58. The summed E-state index contributed by atoms with van der Waals surface area (Å²) in [6.45, 7) is 8.66. The van der Waals surface area contributed by atoms with Gasteiger partial charge in [-0.05, 0) is 20.3 Å². The Kier molecular flexibility index (Phi) is 7.12. The van der Waals surface area contributed by atoms with Crippen LogP contribution >= 0.6 is 23.1 Å². The van der Waals surface area contributed by atoms with Crippen LogP contribution in [0.25, 0.3) is 4.83 Å². The number of β-lactam (4-membered cyclic amide) rings is 1. The first-order chi connectivity index (χ1) is 17.6. The highest BCUT2D eigenvalue weighted by Crippen LogP contribution is 2.51. The molecule has 12 heteroatoms. The van der Waals surface area contributed by atoms with Crippen molar-refractivity contribution in [3.63, 3.8) is 0 Å². The van der Waals surface area contributed by atoms with E-state index in [1.807, 2.05) is 24.6 Å². The van der Waals surface area contributed by atoms with E-state index in [1.165, 1.54) is 9.78 Å². The van der Waals surface area contributed by atoms with Crippen LogP contribution in [0.1, 0.15) is 37.9 Å². The summed E-state index contributed by atoms with van der Waals surface area (Å²) >= 11 is 3.27. The van der Waals surface area contributed by atoms with E-state index in [2.05, 4.69) is 15.9 Å². The van der Waals surface area contributed by atoms with Crippen molar-refractivity contribution in [3.05, 3.63) is 33.7 Å². The van der Waals surface area contributed by atoms with Gasteiger partial charge in [0.15, 0.2) is 6.54 Å². The SMILES string of the molecule is CCOC(=O)C[n+]1cc2sc(C[C@@H]3C[C@H](SC4=C(C(=O)O)N5C(=O)[C@H]([C@@H](C)O)[C@H]5[C@H]4C)CN3)cn2c1C. The lowest BCUT2D eigenvalue weighted by atomic mass is 9.79. The molecule has 200 valence electrons. The van der Waals surface area contributed by atoms with Crippen molar-refractivity contribution in [2.75, 3.05) is 13.2 Å². The number of hydrogen-bond donors (Lipinski definition) is 3. The van der Waals surface area contributed by atoms with Gasteiger partial charge in [0, 0.05) is 46.9 Å². The number of thiazole rings is 1. The lowest BCUT2D eigenvalue weighted by molar-refractivity contribution is -0.690. The Hall–Kier alpha value is -2.41. The fourth-order valence-corrected chi connectivity index (χ4v) is 8.55. The molecule has 2 saturated heterocycles. The number of thioether (sulfide) groups is 1. The molecule has 2 aromatic rings. The number of hydrogen-bond acceptors (Lipinski definition) is 8. The van der Waals surface area contributed by atoms with Gasteiger partial charge in [0.05, 0.1) is 24.7 Å².